The van der Waals surface area contributed by atoms with E-state index in [0.29, 0.717) is 23.4 Å². The smallest absolute Gasteiger partial charge is 0.242 e. The van der Waals surface area contributed by atoms with E-state index in [9.17, 15) is 18.3 Å². The van der Waals surface area contributed by atoms with Gasteiger partial charge in [-0.05, 0) is 66.4 Å². The van der Waals surface area contributed by atoms with E-state index in [2.05, 4.69) is 15.0 Å². The largest absolute Gasteiger partial charge is 0.392 e. The third-order valence-corrected chi connectivity index (χ3v) is 10.9. The van der Waals surface area contributed by atoms with E-state index in [1.54, 1.807) is 48.3 Å². The summed E-state index contributed by atoms with van der Waals surface area (Å²) in [6.07, 6.45) is 1.34. The fraction of sp³-hybridized carbons (Fsp3) is 0.231. The van der Waals surface area contributed by atoms with Crippen molar-refractivity contribution >= 4 is 33.4 Å². The molecule has 1 aliphatic rings. The van der Waals surface area contributed by atoms with Crippen LogP contribution in [0.1, 0.15) is 46.6 Å². The summed E-state index contributed by atoms with van der Waals surface area (Å²) in [4.78, 5) is 18.3. The Bertz CT molecular complexity index is 1960. The van der Waals surface area contributed by atoms with E-state index in [1.807, 2.05) is 85.8 Å². The summed E-state index contributed by atoms with van der Waals surface area (Å²) in [6, 6.07) is 35.4. The number of sulfonamides is 1. The number of aliphatic hydroxyl groups is 1. The highest BCUT2D eigenvalue weighted by atomic mass is 32.2. The molecule has 1 aliphatic heterocycles. The van der Waals surface area contributed by atoms with E-state index >= 15 is 0 Å². The topological polar surface area (TPSA) is 127 Å². The van der Waals surface area contributed by atoms with Gasteiger partial charge in [-0.25, -0.2) is 13.4 Å². The van der Waals surface area contributed by atoms with Crippen LogP contribution >= 0.6 is 11.8 Å². The molecule has 5 aromatic rings. The SMILES string of the molecule is Cc1ccc(S(=O)(=O)N[C@H](Cc2ccccc2)C(=O)Nc2cccc([C@H]3O[C@@H](CSc4ccccn4)C[C@@H](c4ccc(CO)cc4)O3)c2)cc1. The Morgan fingerprint density at radius 3 is 2.36 bits per heavy atom. The fourth-order valence-corrected chi connectivity index (χ4v) is 7.71. The summed E-state index contributed by atoms with van der Waals surface area (Å²) in [7, 11) is -4.00. The van der Waals surface area contributed by atoms with Crippen LogP contribution in [0.15, 0.2) is 137 Å². The number of nitrogens with one attached hydrogen (secondary N) is 2. The van der Waals surface area contributed by atoms with Crippen LogP contribution in [-0.2, 0) is 37.3 Å². The van der Waals surface area contributed by atoms with Crippen LogP contribution in [0.25, 0.3) is 0 Å². The first-order valence-corrected chi connectivity index (χ1v) is 18.8. The molecule has 9 nitrogen and oxygen atoms in total. The number of nitrogens with zero attached hydrogens (tertiary/aromatic N) is 1. The first-order valence-electron chi connectivity index (χ1n) is 16.3. The number of anilines is 1. The van der Waals surface area contributed by atoms with Gasteiger partial charge in [0.15, 0.2) is 6.29 Å². The average molecular weight is 710 g/mol. The van der Waals surface area contributed by atoms with E-state index in [0.717, 1.165) is 27.3 Å². The van der Waals surface area contributed by atoms with Crippen LogP contribution in [0.4, 0.5) is 5.69 Å². The lowest BCUT2D eigenvalue weighted by Crippen LogP contribution is -2.45. The first-order chi connectivity index (χ1) is 24.3. The van der Waals surface area contributed by atoms with Crippen molar-refractivity contribution in [3.63, 3.8) is 0 Å². The number of carbonyl (C=O) groups is 1. The minimum absolute atomic E-state index is 0.0427. The van der Waals surface area contributed by atoms with Gasteiger partial charge in [0.1, 0.15) is 6.04 Å². The molecule has 258 valence electrons. The molecule has 0 aliphatic carbocycles. The number of benzene rings is 4. The molecule has 4 aromatic carbocycles. The van der Waals surface area contributed by atoms with Gasteiger partial charge in [-0.2, -0.15) is 4.72 Å². The number of aliphatic hydroxyl groups excluding tert-OH is 1. The molecule has 0 saturated carbocycles. The molecule has 0 unspecified atom stereocenters. The zero-order valence-corrected chi connectivity index (χ0v) is 29.1. The molecule has 4 atom stereocenters. The third kappa shape index (κ3) is 9.45. The molecule has 1 fully saturated rings. The zero-order chi connectivity index (χ0) is 34.9. The number of rotatable bonds is 13. The van der Waals surface area contributed by atoms with Crippen molar-refractivity contribution in [2.75, 3.05) is 11.1 Å². The maximum atomic E-state index is 13.8. The van der Waals surface area contributed by atoms with Gasteiger partial charge in [0.2, 0.25) is 15.9 Å². The van der Waals surface area contributed by atoms with Gasteiger partial charge in [0.25, 0.3) is 0 Å². The van der Waals surface area contributed by atoms with Gasteiger partial charge >= 0.3 is 0 Å². The predicted molar refractivity (Wildman–Crippen MR) is 194 cm³/mol. The summed E-state index contributed by atoms with van der Waals surface area (Å²) < 4.78 is 42.4. The molecule has 6 rings (SSSR count). The number of hydrogen-bond donors (Lipinski definition) is 3. The van der Waals surface area contributed by atoms with E-state index in [1.165, 1.54) is 12.1 Å². The van der Waals surface area contributed by atoms with Crippen LogP contribution in [0.3, 0.4) is 0 Å². The summed E-state index contributed by atoms with van der Waals surface area (Å²) in [6.45, 7) is 1.84. The second kappa shape index (κ2) is 16.6. The third-order valence-electron chi connectivity index (χ3n) is 8.32. The Balaban J connectivity index is 1.22. The van der Waals surface area contributed by atoms with Gasteiger partial charge in [0.05, 0.1) is 28.7 Å². The van der Waals surface area contributed by atoms with Gasteiger partial charge in [-0.3, -0.25) is 4.79 Å². The highest BCUT2D eigenvalue weighted by molar-refractivity contribution is 7.99. The molecule has 1 saturated heterocycles. The lowest BCUT2D eigenvalue weighted by molar-refractivity contribution is -0.245. The number of carbonyl (C=O) groups excluding carboxylic acids is 1. The lowest BCUT2D eigenvalue weighted by atomic mass is 10.0. The van der Waals surface area contributed by atoms with Crippen LogP contribution < -0.4 is 10.0 Å². The summed E-state index contributed by atoms with van der Waals surface area (Å²) in [5, 5.41) is 13.4. The van der Waals surface area contributed by atoms with Crippen LogP contribution in [0, 0.1) is 6.92 Å². The molecule has 50 heavy (non-hydrogen) atoms. The molecule has 0 bridgehead atoms. The van der Waals surface area contributed by atoms with Crippen molar-refractivity contribution in [2.45, 2.75) is 60.8 Å². The zero-order valence-electron chi connectivity index (χ0n) is 27.5. The maximum Gasteiger partial charge on any atom is 0.242 e. The molecular weight excluding hydrogens is 671 g/mol. The molecule has 1 aromatic heterocycles. The fourth-order valence-electron chi connectivity index (χ4n) is 5.64. The van der Waals surface area contributed by atoms with Crippen LogP contribution in [-0.4, -0.2) is 42.3 Å². The van der Waals surface area contributed by atoms with Gasteiger partial charge in [-0.15, -0.1) is 11.8 Å². The molecule has 2 heterocycles. The number of aryl methyl sites for hydroxylation is 1. The Kier molecular flexibility index (Phi) is 11.7. The van der Waals surface area contributed by atoms with Gasteiger partial charge in [0, 0.05) is 29.6 Å². The molecule has 11 heteroatoms. The Labute approximate surface area is 297 Å². The average Bonchev–Trinajstić information content (AvgIpc) is 3.14. The van der Waals surface area contributed by atoms with Crippen molar-refractivity contribution in [2.24, 2.45) is 0 Å². The lowest BCUT2D eigenvalue weighted by Gasteiger charge is -2.36. The van der Waals surface area contributed by atoms with Gasteiger partial charge in [-0.1, -0.05) is 90.5 Å². The Morgan fingerprint density at radius 1 is 0.880 bits per heavy atom. The Hall–Kier alpha value is -4.36. The van der Waals surface area contributed by atoms with Crippen LogP contribution in [0.2, 0.25) is 0 Å². The maximum absolute atomic E-state index is 13.8. The van der Waals surface area contributed by atoms with Crippen molar-refractivity contribution in [1.29, 1.82) is 0 Å². The molecule has 1 amide bonds. The minimum Gasteiger partial charge on any atom is -0.392 e. The molecule has 0 spiro atoms. The Morgan fingerprint density at radius 2 is 1.64 bits per heavy atom. The van der Waals surface area contributed by atoms with E-state index in [4.69, 9.17) is 9.47 Å². The number of amides is 1. The van der Waals surface area contributed by atoms with Crippen molar-refractivity contribution < 1.29 is 27.8 Å². The van der Waals surface area contributed by atoms with E-state index in [-0.39, 0.29) is 30.1 Å². The second-order valence-electron chi connectivity index (χ2n) is 12.1. The predicted octanol–water partition coefficient (Wildman–Crippen LogP) is 6.75. The highest BCUT2D eigenvalue weighted by Crippen LogP contribution is 2.39. The van der Waals surface area contributed by atoms with Crippen molar-refractivity contribution in [3.05, 3.63) is 155 Å². The molecule has 0 radical (unpaired) electrons. The summed E-state index contributed by atoms with van der Waals surface area (Å²) in [5.74, 6) is 0.152. The molecule has 3 N–H and O–H groups in total. The highest BCUT2D eigenvalue weighted by Gasteiger charge is 2.33. The number of ether oxygens (including phenoxy) is 2. The number of hydrogen-bond acceptors (Lipinski definition) is 8. The standard InChI is InChI=1S/C39H39N3O6S2/c1-27-13-19-34(20-14-27)50(45,46)42-35(22-28-8-3-2-4-9-28)38(44)41-32-11-7-10-31(23-32)39-47-33(26-49-37-12-5-6-21-40-37)24-36(48-39)30-17-15-29(25-43)16-18-30/h2-21,23,33,35-36,39,42-43H,22,24-26H2,1H3,(H,41,44)/t33-,35-,36+,39+/m1/s1. The molecular formula is C39H39N3O6S2. The van der Waals surface area contributed by atoms with E-state index < -0.39 is 28.3 Å². The first kappa shape index (κ1) is 35.5. The quantitative estimate of drug-likeness (QED) is 0.115. The van der Waals surface area contributed by atoms with Crippen molar-refractivity contribution in [3.8, 4) is 0 Å². The minimum atomic E-state index is -4.00. The number of pyridine rings is 1. The summed E-state index contributed by atoms with van der Waals surface area (Å²) >= 11 is 1.61. The second-order valence-corrected chi connectivity index (χ2v) is 14.9. The normalized spacial score (nSPS) is 18.3. The number of aromatic nitrogens is 1. The van der Waals surface area contributed by atoms with Crippen LogP contribution in [0.5, 0.6) is 0 Å². The summed E-state index contributed by atoms with van der Waals surface area (Å²) in [5.41, 5.74) is 4.70. The van der Waals surface area contributed by atoms with Gasteiger partial charge < -0.3 is 19.9 Å². The van der Waals surface area contributed by atoms with Crippen molar-refractivity contribution in [1.82, 2.24) is 9.71 Å². The monoisotopic (exact) mass is 709 g/mol. The number of thioether (sulfide) groups is 1.